The van der Waals surface area contributed by atoms with Gasteiger partial charge >= 0.3 is 0 Å². The maximum Gasteiger partial charge on any atom is 0.0692 e. The minimum Gasteiger partial charge on any atom is -0.309 e. The van der Waals surface area contributed by atoms with Crippen LogP contribution in [0.4, 0.5) is 0 Å². The minimum atomic E-state index is 0.372. The largest absolute Gasteiger partial charge is 0.309 e. The molecule has 0 aliphatic carbocycles. The van der Waals surface area contributed by atoms with Gasteiger partial charge < -0.3 is 5.32 Å². The van der Waals surface area contributed by atoms with Gasteiger partial charge in [0, 0.05) is 11.9 Å². The summed E-state index contributed by atoms with van der Waals surface area (Å²) in [4.78, 5) is 1.48. The van der Waals surface area contributed by atoms with Gasteiger partial charge in [-0.25, -0.2) is 0 Å². The van der Waals surface area contributed by atoms with Gasteiger partial charge in [0.25, 0.3) is 0 Å². The van der Waals surface area contributed by atoms with E-state index in [4.69, 9.17) is 0 Å². The first-order valence-corrected chi connectivity index (χ1v) is 8.82. The van der Waals surface area contributed by atoms with Crippen molar-refractivity contribution in [3.63, 3.8) is 0 Å². The van der Waals surface area contributed by atoms with Crippen molar-refractivity contribution in [2.24, 2.45) is 7.05 Å². The molecule has 0 spiro atoms. The second-order valence-electron chi connectivity index (χ2n) is 4.98. The van der Waals surface area contributed by atoms with Gasteiger partial charge in [0.15, 0.2) is 0 Å². The van der Waals surface area contributed by atoms with E-state index in [1.54, 1.807) is 0 Å². The van der Waals surface area contributed by atoms with Gasteiger partial charge in [-0.15, -0.1) is 11.3 Å². The van der Waals surface area contributed by atoms with Crippen molar-refractivity contribution in [3.05, 3.63) is 38.8 Å². The Kier molecular flexibility index (Phi) is 6.26. The molecule has 0 aliphatic heterocycles. The Hall–Kier alpha value is -0.650. The lowest BCUT2D eigenvalue weighted by atomic mass is 10.1. The summed E-state index contributed by atoms with van der Waals surface area (Å²) in [5, 5.41) is 10.1. The highest BCUT2D eigenvalue weighted by Crippen LogP contribution is 2.27. The Morgan fingerprint density at radius 2 is 2.35 bits per heavy atom. The first-order chi connectivity index (χ1) is 9.72. The molecule has 0 bridgehead atoms. The van der Waals surface area contributed by atoms with E-state index in [-0.39, 0.29) is 0 Å². The molecule has 0 fully saturated rings. The maximum absolute atomic E-state index is 4.33. The van der Waals surface area contributed by atoms with Crippen LogP contribution in [0.15, 0.2) is 28.2 Å². The van der Waals surface area contributed by atoms with E-state index >= 15 is 0 Å². The van der Waals surface area contributed by atoms with E-state index in [0.29, 0.717) is 6.04 Å². The molecule has 3 nitrogen and oxygen atoms in total. The van der Waals surface area contributed by atoms with Gasteiger partial charge in [0.1, 0.15) is 0 Å². The summed E-state index contributed by atoms with van der Waals surface area (Å²) in [5.41, 5.74) is 1.25. The van der Waals surface area contributed by atoms with Crippen LogP contribution < -0.4 is 5.32 Å². The Bertz CT molecular complexity index is 488. The third kappa shape index (κ3) is 4.17. The summed E-state index contributed by atoms with van der Waals surface area (Å²) in [6, 6.07) is 4.72. The molecule has 0 aliphatic rings. The third-order valence-electron chi connectivity index (χ3n) is 3.40. The average Bonchev–Trinajstić information content (AvgIpc) is 3.05. The highest BCUT2D eigenvalue weighted by Gasteiger charge is 2.17. The monoisotopic (exact) mass is 355 g/mol. The van der Waals surface area contributed by atoms with Crippen LogP contribution in [0.25, 0.3) is 0 Å². The third-order valence-corrected chi connectivity index (χ3v) is 4.95. The Labute approximate surface area is 133 Å². The molecule has 0 radical (unpaired) electrons. The lowest BCUT2D eigenvalue weighted by Crippen LogP contribution is -2.24. The van der Waals surface area contributed by atoms with Gasteiger partial charge in [-0.1, -0.05) is 13.0 Å². The summed E-state index contributed by atoms with van der Waals surface area (Å²) in [6.45, 7) is 3.25. The van der Waals surface area contributed by atoms with Crippen LogP contribution in [0.2, 0.25) is 0 Å². The fraction of sp³-hybridized carbons (Fsp3) is 0.533. The number of rotatable bonds is 8. The normalized spacial score (nSPS) is 12.8. The Morgan fingerprint density at radius 3 is 2.95 bits per heavy atom. The predicted octanol–water partition coefficient (Wildman–Crippen LogP) is 4.31. The van der Waals surface area contributed by atoms with Gasteiger partial charge in [0.2, 0.25) is 0 Å². The summed E-state index contributed by atoms with van der Waals surface area (Å²) < 4.78 is 3.08. The topological polar surface area (TPSA) is 29.9 Å². The molecule has 2 aromatic heterocycles. The Balaban J connectivity index is 1.96. The Morgan fingerprint density at radius 1 is 1.50 bits per heavy atom. The molecule has 110 valence electrons. The lowest BCUT2D eigenvalue weighted by molar-refractivity contribution is 0.455. The van der Waals surface area contributed by atoms with Crippen molar-refractivity contribution in [3.8, 4) is 0 Å². The molecule has 2 aromatic rings. The molecule has 1 atom stereocenters. The molecule has 1 unspecified atom stereocenters. The molecular weight excluding hydrogens is 334 g/mol. The highest BCUT2D eigenvalue weighted by atomic mass is 79.9. The van der Waals surface area contributed by atoms with Gasteiger partial charge in [-0.05, 0) is 59.6 Å². The smallest absolute Gasteiger partial charge is 0.0692 e. The molecule has 0 aromatic carbocycles. The summed E-state index contributed by atoms with van der Waals surface area (Å²) in [7, 11) is 2.01. The second kappa shape index (κ2) is 7.96. The molecule has 5 heteroatoms. The molecule has 0 amide bonds. The number of hydrogen-bond donors (Lipinski definition) is 1. The van der Waals surface area contributed by atoms with Crippen molar-refractivity contribution >= 4 is 27.3 Å². The summed E-state index contributed by atoms with van der Waals surface area (Å²) in [6.07, 6.45) is 6.53. The van der Waals surface area contributed by atoms with Crippen LogP contribution in [-0.2, 0) is 13.5 Å². The highest BCUT2D eigenvalue weighted by molar-refractivity contribution is 9.10. The molecule has 1 N–H and O–H groups in total. The maximum atomic E-state index is 4.33. The van der Waals surface area contributed by atoms with E-state index in [1.165, 1.54) is 17.0 Å². The summed E-state index contributed by atoms with van der Waals surface area (Å²) in [5.74, 6) is 0. The zero-order valence-corrected chi connectivity index (χ0v) is 14.5. The first kappa shape index (κ1) is 15.7. The predicted molar refractivity (Wildman–Crippen MR) is 89.2 cm³/mol. The molecule has 0 saturated carbocycles. The van der Waals surface area contributed by atoms with E-state index in [1.807, 2.05) is 29.3 Å². The van der Waals surface area contributed by atoms with Crippen LogP contribution in [0, 0.1) is 0 Å². The zero-order valence-electron chi connectivity index (χ0n) is 12.1. The van der Waals surface area contributed by atoms with Gasteiger partial charge in [-0.2, -0.15) is 5.10 Å². The van der Waals surface area contributed by atoms with Crippen LogP contribution in [0.3, 0.4) is 0 Å². The van der Waals surface area contributed by atoms with E-state index in [0.717, 1.165) is 30.3 Å². The number of hydrogen-bond acceptors (Lipinski definition) is 3. The average molecular weight is 356 g/mol. The number of aromatic nitrogens is 2. The molecule has 0 saturated heterocycles. The molecular formula is C15H22BrN3S. The number of nitrogens with one attached hydrogen (secondary N) is 1. The van der Waals surface area contributed by atoms with Crippen molar-refractivity contribution in [1.82, 2.24) is 15.1 Å². The minimum absolute atomic E-state index is 0.372. The van der Waals surface area contributed by atoms with Crippen molar-refractivity contribution in [2.75, 3.05) is 6.54 Å². The number of halogens is 1. The lowest BCUT2D eigenvalue weighted by Gasteiger charge is -2.19. The van der Waals surface area contributed by atoms with Crippen LogP contribution in [0.1, 0.15) is 42.8 Å². The van der Waals surface area contributed by atoms with Crippen molar-refractivity contribution < 1.29 is 0 Å². The fourth-order valence-electron chi connectivity index (χ4n) is 2.40. The molecule has 2 heterocycles. The first-order valence-electron chi connectivity index (χ1n) is 7.15. The SMILES string of the molecule is CCCNC(CCCc1cccs1)c1c(Br)cnn1C. The number of thiophene rings is 1. The quantitative estimate of drug-likeness (QED) is 0.764. The van der Waals surface area contributed by atoms with Crippen LogP contribution in [0.5, 0.6) is 0 Å². The summed E-state index contributed by atoms with van der Waals surface area (Å²) >= 11 is 5.47. The van der Waals surface area contributed by atoms with Crippen molar-refractivity contribution in [2.45, 2.75) is 38.6 Å². The number of nitrogens with zero attached hydrogens (tertiary/aromatic N) is 2. The fourth-order valence-corrected chi connectivity index (χ4v) is 3.78. The van der Waals surface area contributed by atoms with E-state index in [9.17, 15) is 0 Å². The van der Waals surface area contributed by atoms with Gasteiger partial charge in [-0.3, -0.25) is 4.68 Å². The van der Waals surface area contributed by atoms with Gasteiger partial charge in [0.05, 0.1) is 22.4 Å². The van der Waals surface area contributed by atoms with Crippen LogP contribution >= 0.6 is 27.3 Å². The molecule has 2 rings (SSSR count). The second-order valence-corrected chi connectivity index (χ2v) is 6.87. The van der Waals surface area contributed by atoms with E-state index < -0.39 is 0 Å². The molecule has 20 heavy (non-hydrogen) atoms. The standard InChI is InChI=1S/C15H22BrN3S/c1-3-9-17-14(15-13(16)11-18-19(15)2)8-4-6-12-7-5-10-20-12/h5,7,10-11,14,17H,3-4,6,8-9H2,1-2H3. The van der Waals surface area contributed by atoms with E-state index in [2.05, 4.69) is 50.8 Å². The van der Waals surface area contributed by atoms with Crippen molar-refractivity contribution in [1.29, 1.82) is 0 Å². The van der Waals surface area contributed by atoms with Crippen LogP contribution in [-0.4, -0.2) is 16.3 Å². The number of aryl methyl sites for hydroxylation is 2. The zero-order chi connectivity index (χ0) is 14.4.